The van der Waals surface area contributed by atoms with Gasteiger partial charge in [0.05, 0.1) is 6.04 Å². The molecule has 1 unspecified atom stereocenters. The zero-order valence-electron chi connectivity index (χ0n) is 14.8. The number of amides is 1. The Hall–Kier alpha value is -2.29. The maximum absolute atomic E-state index is 12.7. The Bertz CT molecular complexity index is 935. The number of benzene rings is 1. The van der Waals surface area contributed by atoms with Gasteiger partial charge in [-0.05, 0) is 61.1 Å². The molecule has 28 heavy (non-hydrogen) atoms. The smallest absolute Gasteiger partial charge is 0.344 e. The van der Waals surface area contributed by atoms with Gasteiger partial charge in [-0.2, -0.15) is 13.2 Å². The fourth-order valence-electron chi connectivity index (χ4n) is 3.14. The third-order valence-corrected chi connectivity index (χ3v) is 5.55. The van der Waals surface area contributed by atoms with Gasteiger partial charge in [-0.1, -0.05) is 12.1 Å². The van der Waals surface area contributed by atoms with E-state index >= 15 is 0 Å². The number of nitrogens with one attached hydrogen (secondary N) is 2. The van der Waals surface area contributed by atoms with Crippen LogP contribution in [0.5, 0.6) is 0 Å². The Morgan fingerprint density at radius 1 is 1.18 bits per heavy atom. The van der Waals surface area contributed by atoms with E-state index in [1.807, 2.05) is 0 Å². The lowest BCUT2D eigenvalue weighted by Crippen LogP contribution is -2.32. The third kappa shape index (κ3) is 4.76. The fraction of sp³-hybridized carbons (Fsp3) is 0.421. The van der Waals surface area contributed by atoms with E-state index in [2.05, 4.69) is 15.3 Å². The first-order valence-corrected chi connectivity index (χ1v) is 9.88. The first-order chi connectivity index (χ1) is 13.3. The van der Waals surface area contributed by atoms with Gasteiger partial charge in [0.2, 0.25) is 0 Å². The van der Waals surface area contributed by atoms with Gasteiger partial charge < -0.3 is 10.3 Å². The maximum Gasteiger partial charge on any atom is 0.446 e. The molecule has 5 nitrogen and oxygen atoms in total. The molecule has 148 valence electrons. The van der Waals surface area contributed by atoms with Crippen molar-refractivity contribution in [2.75, 3.05) is 0 Å². The Morgan fingerprint density at radius 3 is 2.43 bits per heavy atom. The number of nitrogens with zero attached hydrogens (tertiary/aromatic N) is 1. The molecule has 1 aromatic heterocycles. The molecule has 0 aliphatic heterocycles. The van der Waals surface area contributed by atoms with E-state index in [-0.39, 0.29) is 45.8 Å². The van der Waals surface area contributed by atoms with E-state index in [0.29, 0.717) is 5.82 Å². The molecule has 1 atom stereocenters. The molecule has 1 heterocycles. The monoisotopic (exact) mass is 409 g/mol. The van der Waals surface area contributed by atoms with Gasteiger partial charge >= 0.3 is 5.51 Å². The number of halogens is 3. The van der Waals surface area contributed by atoms with Crippen LogP contribution in [0.3, 0.4) is 0 Å². The lowest BCUT2D eigenvalue weighted by atomic mass is 10.0. The predicted octanol–water partition coefficient (Wildman–Crippen LogP) is 4.14. The van der Waals surface area contributed by atoms with Gasteiger partial charge in [-0.15, -0.1) is 0 Å². The number of hydrogen-bond acceptors (Lipinski definition) is 4. The predicted molar refractivity (Wildman–Crippen MR) is 98.1 cm³/mol. The fourth-order valence-corrected chi connectivity index (χ4v) is 3.68. The van der Waals surface area contributed by atoms with Crippen molar-refractivity contribution in [2.45, 2.75) is 48.0 Å². The molecular formula is C19H18F3N3O2S. The summed E-state index contributed by atoms with van der Waals surface area (Å²) in [5, 5.41) is 2.91. The molecule has 2 aliphatic carbocycles. The summed E-state index contributed by atoms with van der Waals surface area (Å²) in [5.74, 6) is 0.529. The lowest BCUT2D eigenvalue weighted by Gasteiger charge is -2.19. The molecule has 1 amide bonds. The standard InChI is InChI=1S/C19H18F3N3O2S/c20-19(21,22)28-13-7-5-11(6-8-13)16(10-1-2-10)25-18(27)14-9-15(26)24-17(23-14)12-3-4-12/h5-10,12,16H,1-4H2,(H,25,27)(H,23,24,26). The van der Waals surface area contributed by atoms with Crippen molar-refractivity contribution in [2.24, 2.45) is 5.92 Å². The summed E-state index contributed by atoms with van der Waals surface area (Å²) >= 11 is -0.168. The van der Waals surface area contributed by atoms with Gasteiger partial charge in [0.1, 0.15) is 11.5 Å². The Balaban J connectivity index is 1.51. The maximum atomic E-state index is 12.7. The van der Waals surface area contributed by atoms with Crippen molar-refractivity contribution in [1.82, 2.24) is 15.3 Å². The summed E-state index contributed by atoms with van der Waals surface area (Å²) in [7, 11) is 0. The molecule has 0 radical (unpaired) electrons. The average Bonchev–Trinajstić information content (AvgIpc) is 3.52. The van der Waals surface area contributed by atoms with Crippen LogP contribution in [-0.2, 0) is 0 Å². The SMILES string of the molecule is O=C(NC(c1ccc(SC(F)(F)F)cc1)C1CC1)c1cc(=O)[nH]c(C2CC2)n1. The molecule has 9 heteroatoms. The summed E-state index contributed by atoms with van der Waals surface area (Å²) < 4.78 is 37.5. The second-order valence-electron chi connectivity index (χ2n) is 7.20. The Kier molecular flexibility index (Phi) is 4.95. The van der Waals surface area contributed by atoms with E-state index in [1.165, 1.54) is 18.2 Å². The molecule has 2 saturated carbocycles. The number of carbonyl (C=O) groups excluding carboxylic acids is 1. The molecular weight excluding hydrogens is 391 g/mol. The van der Waals surface area contributed by atoms with Gasteiger partial charge in [0.25, 0.3) is 11.5 Å². The van der Waals surface area contributed by atoms with Crippen molar-refractivity contribution in [1.29, 1.82) is 0 Å². The molecule has 2 N–H and O–H groups in total. The minimum atomic E-state index is -4.34. The van der Waals surface area contributed by atoms with E-state index in [9.17, 15) is 22.8 Å². The van der Waals surface area contributed by atoms with Crippen molar-refractivity contribution >= 4 is 17.7 Å². The zero-order valence-corrected chi connectivity index (χ0v) is 15.6. The summed E-state index contributed by atoms with van der Waals surface area (Å²) in [6, 6.07) is 6.89. The highest BCUT2D eigenvalue weighted by molar-refractivity contribution is 8.00. The molecule has 4 rings (SSSR count). The minimum absolute atomic E-state index is 0.0700. The third-order valence-electron chi connectivity index (χ3n) is 4.81. The van der Waals surface area contributed by atoms with Gasteiger partial charge in [-0.25, -0.2) is 4.98 Å². The number of alkyl halides is 3. The highest BCUT2D eigenvalue weighted by Gasteiger charge is 2.35. The van der Waals surface area contributed by atoms with Crippen molar-refractivity contribution < 1.29 is 18.0 Å². The lowest BCUT2D eigenvalue weighted by molar-refractivity contribution is -0.0328. The molecule has 2 fully saturated rings. The highest BCUT2D eigenvalue weighted by atomic mass is 32.2. The average molecular weight is 409 g/mol. The van der Waals surface area contributed by atoms with Crippen molar-refractivity contribution in [3.8, 4) is 0 Å². The van der Waals surface area contributed by atoms with Crippen molar-refractivity contribution in [3.05, 3.63) is 57.8 Å². The second-order valence-corrected chi connectivity index (χ2v) is 8.33. The first kappa shape index (κ1) is 19.0. The molecule has 0 spiro atoms. The molecule has 1 aromatic carbocycles. The summed E-state index contributed by atoms with van der Waals surface area (Å²) in [4.78, 5) is 31.6. The summed E-state index contributed by atoms with van der Waals surface area (Å²) in [6.45, 7) is 0. The number of aromatic amines is 1. The van der Waals surface area contributed by atoms with Crippen molar-refractivity contribution in [3.63, 3.8) is 0 Å². The number of hydrogen-bond donors (Lipinski definition) is 2. The highest BCUT2D eigenvalue weighted by Crippen LogP contribution is 2.42. The topological polar surface area (TPSA) is 74.8 Å². The van der Waals surface area contributed by atoms with Gasteiger partial charge in [0.15, 0.2) is 0 Å². The Morgan fingerprint density at radius 2 is 1.86 bits per heavy atom. The molecule has 0 saturated heterocycles. The molecule has 2 aromatic rings. The number of carbonyl (C=O) groups is 1. The van der Waals surface area contributed by atoms with E-state index in [0.717, 1.165) is 31.2 Å². The minimum Gasteiger partial charge on any atom is -0.344 e. The Labute approximate surface area is 163 Å². The van der Waals surface area contributed by atoms with Gasteiger partial charge in [0, 0.05) is 16.9 Å². The van der Waals surface area contributed by atoms with Crippen LogP contribution in [0, 0.1) is 5.92 Å². The largest absolute Gasteiger partial charge is 0.446 e. The van der Waals surface area contributed by atoms with Crippen LogP contribution >= 0.6 is 11.8 Å². The van der Waals surface area contributed by atoms with Gasteiger partial charge in [-0.3, -0.25) is 9.59 Å². The quantitative estimate of drug-likeness (QED) is 0.704. The number of thioether (sulfide) groups is 1. The van der Waals surface area contributed by atoms with Crippen LogP contribution in [0.15, 0.2) is 40.0 Å². The van der Waals surface area contributed by atoms with Crippen LogP contribution in [0.2, 0.25) is 0 Å². The van der Waals surface area contributed by atoms with Crippen LogP contribution in [0.1, 0.15) is 59.5 Å². The summed E-state index contributed by atoms with van der Waals surface area (Å²) in [5.41, 5.74) is -3.88. The molecule has 0 bridgehead atoms. The van der Waals surface area contributed by atoms with E-state index < -0.39 is 11.4 Å². The number of aromatic nitrogens is 2. The van der Waals surface area contributed by atoms with Crippen LogP contribution in [-0.4, -0.2) is 21.4 Å². The number of rotatable bonds is 6. The normalized spacial score (nSPS) is 18.0. The van der Waals surface area contributed by atoms with Crippen LogP contribution in [0.4, 0.5) is 13.2 Å². The summed E-state index contributed by atoms with van der Waals surface area (Å²) in [6.07, 6.45) is 3.75. The zero-order chi connectivity index (χ0) is 19.9. The number of H-pyrrole nitrogens is 1. The molecule has 2 aliphatic rings. The first-order valence-electron chi connectivity index (χ1n) is 9.06. The second kappa shape index (κ2) is 7.27. The van der Waals surface area contributed by atoms with Crippen LogP contribution in [0.25, 0.3) is 0 Å². The van der Waals surface area contributed by atoms with E-state index in [4.69, 9.17) is 0 Å². The van der Waals surface area contributed by atoms with Crippen LogP contribution < -0.4 is 10.9 Å². The van der Waals surface area contributed by atoms with E-state index in [1.54, 1.807) is 12.1 Å².